The monoisotopic (exact) mass is 319 g/mol. The van der Waals surface area contributed by atoms with E-state index in [9.17, 15) is 18.0 Å². The Hall–Kier alpha value is -1.34. The van der Waals surface area contributed by atoms with Gasteiger partial charge in [-0.05, 0) is 32.5 Å². The average molecular weight is 319 g/mol. The lowest BCUT2D eigenvalue weighted by atomic mass is 10.1. The predicted octanol–water partition coefficient (Wildman–Crippen LogP) is 2.15. The van der Waals surface area contributed by atoms with Crippen LogP contribution in [0.25, 0.3) is 0 Å². The standard InChI is InChI=1S/C15H24F3N3O/c1-11(10-21-7-5-20(4)6-8-21)14(15(16,17)18)9-12(2)19-13(3)22/h9H,5-8,10H2,1-4H3,(H,19,22)/b12-9+,14-11-. The topological polar surface area (TPSA) is 35.6 Å². The third kappa shape index (κ3) is 6.19. The summed E-state index contributed by atoms with van der Waals surface area (Å²) in [4.78, 5) is 15.1. The molecule has 0 bridgehead atoms. The summed E-state index contributed by atoms with van der Waals surface area (Å²) in [5.41, 5.74) is -0.225. The zero-order valence-electron chi connectivity index (χ0n) is 13.5. The van der Waals surface area contributed by atoms with E-state index in [-0.39, 0.29) is 23.7 Å². The van der Waals surface area contributed by atoms with Gasteiger partial charge in [0.05, 0.1) is 5.57 Å². The first-order chi connectivity index (χ1) is 10.1. The highest BCUT2D eigenvalue weighted by Gasteiger charge is 2.34. The smallest absolute Gasteiger partial charge is 0.330 e. The van der Waals surface area contributed by atoms with E-state index in [0.717, 1.165) is 32.3 Å². The quantitative estimate of drug-likeness (QED) is 0.807. The van der Waals surface area contributed by atoms with Crippen LogP contribution in [0.15, 0.2) is 22.9 Å². The first-order valence-electron chi connectivity index (χ1n) is 7.23. The van der Waals surface area contributed by atoms with Gasteiger partial charge in [-0.15, -0.1) is 0 Å². The minimum absolute atomic E-state index is 0.192. The van der Waals surface area contributed by atoms with E-state index in [4.69, 9.17) is 0 Å². The maximum Gasteiger partial charge on any atom is 0.416 e. The van der Waals surface area contributed by atoms with E-state index < -0.39 is 11.7 Å². The normalized spacial score (nSPS) is 19.9. The van der Waals surface area contributed by atoms with E-state index in [1.165, 1.54) is 20.8 Å². The third-order valence-corrected chi connectivity index (χ3v) is 3.56. The van der Waals surface area contributed by atoms with Gasteiger partial charge in [-0.3, -0.25) is 9.69 Å². The van der Waals surface area contributed by atoms with Crippen molar-refractivity contribution in [3.05, 3.63) is 22.9 Å². The molecule has 0 aromatic heterocycles. The summed E-state index contributed by atoms with van der Waals surface area (Å²) >= 11 is 0. The van der Waals surface area contributed by atoms with Gasteiger partial charge in [0.15, 0.2) is 0 Å². The number of carbonyl (C=O) groups is 1. The van der Waals surface area contributed by atoms with Gasteiger partial charge >= 0.3 is 6.18 Å². The maximum absolute atomic E-state index is 13.2. The molecule has 0 saturated carbocycles. The average Bonchev–Trinajstić information content (AvgIpc) is 2.36. The molecule has 0 unspecified atom stereocenters. The Morgan fingerprint density at radius 1 is 1.14 bits per heavy atom. The Balaban J connectivity index is 2.91. The maximum atomic E-state index is 13.2. The minimum atomic E-state index is -4.43. The van der Waals surface area contributed by atoms with Gasteiger partial charge in [-0.25, -0.2) is 0 Å². The number of nitrogens with zero attached hydrogens (tertiary/aromatic N) is 2. The highest BCUT2D eigenvalue weighted by Crippen LogP contribution is 2.30. The fourth-order valence-electron chi connectivity index (χ4n) is 2.40. The molecule has 0 spiro atoms. The number of likely N-dealkylation sites (N-methyl/N-ethyl adjacent to an activating group) is 1. The van der Waals surface area contributed by atoms with Crippen molar-refractivity contribution in [3.63, 3.8) is 0 Å². The van der Waals surface area contributed by atoms with Crippen molar-refractivity contribution in [2.75, 3.05) is 39.8 Å². The van der Waals surface area contributed by atoms with Gasteiger partial charge in [-0.1, -0.05) is 0 Å². The summed E-state index contributed by atoms with van der Waals surface area (Å²) in [5.74, 6) is -0.382. The molecule has 0 atom stereocenters. The molecule has 0 radical (unpaired) electrons. The Morgan fingerprint density at radius 2 is 1.68 bits per heavy atom. The van der Waals surface area contributed by atoms with Gasteiger partial charge in [0, 0.05) is 45.3 Å². The number of carbonyl (C=O) groups excluding carboxylic acids is 1. The van der Waals surface area contributed by atoms with Crippen molar-refractivity contribution in [1.82, 2.24) is 15.1 Å². The van der Waals surface area contributed by atoms with Crippen LogP contribution in [0.1, 0.15) is 20.8 Å². The molecule has 0 aromatic carbocycles. The zero-order chi connectivity index (χ0) is 16.9. The molecule has 1 aliphatic heterocycles. The molecule has 1 amide bonds. The molecule has 4 nitrogen and oxygen atoms in total. The van der Waals surface area contributed by atoms with E-state index in [1.54, 1.807) is 0 Å². The number of rotatable bonds is 4. The predicted molar refractivity (Wildman–Crippen MR) is 80.3 cm³/mol. The van der Waals surface area contributed by atoms with E-state index in [0.29, 0.717) is 0 Å². The van der Waals surface area contributed by atoms with Crippen molar-refractivity contribution in [2.45, 2.75) is 26.9 Å². The molecule has 1 heterocycles. The van der Waals surface area contributed by atoms with Gasteiger partial charge in [0.2, 0.25) is 5.91 Å². The van der Waals surface area contributed by atoms with Crippen LogP contribution < -0.4 is 5.32 Å². The van der Waals surface area contributed by atoms with Crippen LogP contribution in [-0.2, 0) is 4.79 Å². The first kappa shape index (κ1) is 18.7. The molecule has 22 heavy (non-hydrogen) atoms. The Labute approximate surface area is 129 Å². The largest absolute Gasteiger partial charge is 0.416 e. The van der Waals surface area contributed by atoms with Crippen LogP contribution in [0.2, 0.25) is 0 Å². The summed E-state index contributed by atoms with van der Waals surface area (Å²) in [5, 5.41) is 2.38. The lowest BCUT2D eigenvalue weighted by Crippen LogP contribution is -2.45. The highest BCUT2D eigenvalue weighted by molar-refractivity contribution is 5.74. The molecule has 126 valence electrons. The lowest BCUT2D eigenvalue weighted by Gasteiger charge is -2.33. The van der Waals surface area contributed by atoms with Crippen molar-refractivity contribution in [3.8, 4) is 0 Å². The Kier molecular flexibility index (Phi) is 6.62. The number of hydrogen-bond donors (Lipinski definition) is 1. The number of amides is 1. The Bertz CT molecular complexity index is 461. The van der Waals surface area contributed by atoms with Crippen LogP contribution in [-0.4, -0.2) is 61.7 Å². The Morgan fingerprint density at radius 3 is 2.14 bits per heavy atom. The van der Waals surface area contributed by atoms with Crippen LogP contribution in [0.5, 0.6) is 0 Å². The third-order valence-electron chi connectivity index (χ3n) is 3.56. The van der Waals surface area contributed by atoms with E-state index in [2.05, 4.69) is 10.2 Å². The molecule has 7 heteroatoms. The summed E-state index contributed by atoms with van der Waals surface area (Å²) in [6.45, 7) is 7.73. The fourth-order valence-corrected chi connectivity index (χ4v) is 2.40. The second-order valence-corrected chi connectivity index (χ2v) is 5.78. The summed E-state index contributed by atoms with van der Waals surface area (Å²) in [6, 6.07) is 0. The first-order valence-corrected chi connectivity index (χ1v) is 7.23. The fraction of sp³-hybridized carbons (Fsp3) is 0.667. The molecule has 1 rings (SSSR count). The highest BCUT2D eigenvalue weighted by atomic mass is 19.4. The van der Waals surface area contributed by atoms with Gasteiger partial charge in [-0.2, -0.15) is 13.2 Å². The van der Waals surface area contributed by atoms with Gasteiger partial charge in [0.25, 0.3) is 0 Å². The van der Waals surface area contributed by atoms with Gasteiger partial charge in [0.1, 0.15) is 0 Å². The second-order valence-electron chi connectivity index (χ2n) is 5.78. The molecular weight excluding hydrogens is 295 g/mol. The number of allylic oxidation sites excluding steroid dienone is 3. The molecule has 0 aromatic rings. The van der Waals surface area contributed by atoms with E-state index >= 15 is 0 Å². The molecular formula is C15H24F3N3O. The summed E-state index contributed by atoms with van der Waals surface area (Å²) in [7, 11) is 2.00. The molecule has 0 aliphatic carbocycles. The van der Waals surface area contributed by atoms with Crippen LogP contribution >= 0.6 is 0 Å². The van der Waals surface area contributed by atoms with Crippen molar-refractivity contribution >= 4 is 5.91 Å². The minimum Gasteiger partial charge on any atom is -0.330 e. The van der Waals surface area contributed by atoms with E-state index in [1.807, 2.05) is 11.9 Å². The molecule has 1 aliphatic rings. The number of alkyl halides is 3. The summed E-state index contributed by atoms with van der Waals surface area (Å²) < 4.78 is 39.7. The van der Waals surface area contributed by atoms with Crippen molar-refractivity contribution in [1.29, 1.82) is 0 Å². The lowest BCUT2D eigenvalue weighted by molar-refractivity contribution is -0.118. The second kappa shape index (κ2) is 7.78. The van der Waals surface area contributed by atoms with Crippen LogP contribution in [0.3, 0.4) is 0 Å². The van der Waals surface area contributed by atoms with Crippen molar-refractivity contribution < 1.29 is 18.0 Å². The SMILES string of the molecule is CC(=O)N/C(C)=C/C(=C(\C)CN1CCN(C)CC1)C(F)(F)F. The van der Waals surface area contributed by atoms with Crippen LogP contribution in [0.4, 0.5) is 13.2 Å². The summed E-state index contributed by atoms with van der Waals surface area (Å²) in [6.07, 6.45) is -3.43. The number of halogens is 3. The molecule has 1 saturated heterocycles. The van der Waals surface area contributed by atoms with Crippen LogP contribution in [0, 0.1) is 0 Å². The molecule has 1 fully saturated rings. The number of hydrogen-bond acceptors (Lipinski definition) is 3. The number of piperazine rings is 1. The molecule has 1 N–H and O–H groups in total. The number of nitrogens with one attached hydrogen (secondary N) is 1. The zero-order valence-corrected chi connectivity index (χ0v) is 13.5. The van der Waals surface area contributed by atoms with Crippen molar-refractivity contribution in [2.24, 2.45) is 0 Å². The van der Waals surface area contributed by atoms with Gasteiger partial charge < -0.3 is 10.2 Å².